The van der Waals surface area contributed by atoms with Gasteiger partial charge in [0.2, 0.25) is 0 Å². The van der Waals surface area contributed by atoms with Crippen LogP contribution in [0.3, 0.4) is 0 Å². The van der Waals surface area contributed by atoms with E-state index in [1.54, 1.807) is 17.6 Å². The molecule has 0 radical (unpaired) electrons. The van der Waals surface area contributed by atoms with Crippen LogP contribution in [-0.2, 0) is 11.3 Å². The first kappa shape index (κ1) is 29.0. The van der Waals surface area contributed by atoms with Crippen LogP contribution in [0.25, 0.3) is 10.2 Å². The van der Waals surface area contributed by atoms with Gasteiger partial charge in [-0.1, -0.05) is 37.0 Å². The summed E-state index contributed by atoms with van der Waals surface area (Å²) in [5.41, 5.74) is 2.87. The first-order valence-corrected chi connectivity index (χ1v) is 14.1. The number of anilines is 3. The number of nitrogens with one attached hydrogen (secondary N) is 2. The average Bonchev–Trinajstić information content (AvgIpc) is 3.39. The van der Waals surface area contributed by atoms with Crippen molar-refractivity contribution in [1.82, 2.24) is 19.9 Å². The maximum Gasteiger partial charge on any atom is 0.258 e. The number of aromatic nitrogens is 3. The van der Waals surface area contributed by atoms with Gasteiger partial charge in [-0.15, -0.1) is 11.3 Å². The number of benzene rings is 1. The fourth-order valence-electron chi connectivity index (χ4n) is 3.96. The molecule has 39 heavy (non-hydrogen) atoms. The van der Waals surface area contributed by atoms with E-state index in [1.165, 1.54) is 24.8 Å². The van der Waals surface area contributed by atoms with Gasteiger partial charge in [0.1, 0.15) is 22.9 Å². The first-order valence-electron chi connectivity index (χ1n) is 12.4. The molecule has 0 saturated carbocycles. The molecule has 3 aromatic heterocycles. The highest BCUT2D eigenvalue weighted by molar-refractivity contribution is 7.18. The number of methoxy groups -OCH3 is 1. The molecule has 0 saturated heterocycles. The second-order valence-electron chi connectivity index (χ2n) is 8.66. The minimum Gasteiger partial charge on any atom is -0.495 e. The number of amides is 1. The smallest absolute Gasteiger partial charge is 0.258 e. The third kappa shape index (κ3) is 6.77. The summed E-state index contributed by atoms with van der Waals surface area (Å²) in [6, 6.07) is 5.55. The van der Waals surface area contributed by atoms with Gasteiger partial charge in [-0.2, -0.15) is 0 Å². The molecule has 206 valence electrons. The molecule has 12 heteroatoms. The lowest BCUT2D eigenvalue weighted by Crippen LogP contribution is -2.26. The molecule has 0 aliphatic heterocycles. The van der Waals surface area contributed by atoms with Gasteiger partial charge in [0, 0.05) is 18.1 Å². The Hall–Kier alpha value is -3.02. The Kier molecular flexibility index (Phi) is 9.93. The van der Waals surface area contributed by atoms with Gasteiger partial charge in [0.05, 0.1) is 46.8 Å². The lowest BCUT2D eigenvalue weighted by atomic mass is 10.2. The molecule has 1 amide bonds. The minimum absolute atomic E-state index is 0.223. The number of ether oxygens (including phenoxy) is 2. The highest BCUT2D eigenvalue weighted by atomic mass is 35.5. The van der Waals surface area contributed by atoms with Gasteiger partial charge in [-0.05, 0) is 49.3 Å². The Morgan fingerprint density at radius 2 is 1.92 bits per heavy atom. The van der Waals surface area contributed by atoms with Crippen molar-refractivity contribution in [1.29, 1.82) is 0 Å². The Bertz CT molecular complexity index is 1460. The zero-order valence-electron chi connectivity index (χ0n) is 22.2. The van der Waals surface area contributed by atoms with Crippen LogP contribution in [0, 0.1) is 6.92 Å². The van der Waals surface area contributed by atoms with Gasteiger partial charge < -0.3 is 25.0 Å². The summed E-state index contributed by atoms with van der Waals surface area (Å²) < 4.78 is 11.9. The molecule has 9 nitrogen and oxygen atoms in total. The fraction of sp³-hybridized carbons (Fsp3) is 0.333. The summed E-state index contributed by atoms with van der Waals surface area (Å²) in [7, 11) is 1.50. The Morgan fingerprint density at radius 3 is 2.67 bits per heavy atom. The number of thiophene rings is 1. The lowest BCUT2D eigenvalue weighted by molar-refractivity contribution is 0.0956. The molecule has 0 aliphatic carbocycles. The van der Waals surface area contributed by atoms with Crippen molar-refractivity contribution in [3.8, 4) is 5.75 Å². The summed E-state index contributed by atoms with van der Waals surface area (Å²) in [5.74, 6) is 1.18. The van der Waals surface area contributed by atoms with E-state index in [2.05, 4.69) is 44.3 Å². The number of nitrogens with zero attached hydrogens (tertiary/aromatic N) is 4. The van der Waals surface area contributed by atoms with Crippen LogP contribution in [0.5, 0.6) is 5.75 Å². The maximum atomic E-state index is 13.3. The number of fused-ring (bicyclic) bond motifs is 1. The Morgan fingerprint density at radius 1 is 1.13 bits per heavy atom. The molecular formula is C27H30Cl2N6O3S. The van der Waals surface area contributed by atoms with E-state index in [0.29, 0.717) is 51.4 Å². The zero-order valence-corrected chi connectivity index (χ0v) is 24.5. The molecule has 3 heterocycles. The molecule has 0 fully saturated rings. The molecule has 1 aromatic carbocycles. The van der Waals surface area contributed by atoms with E-state index in [-0.39, 0.29) is 10.7 Å². The number of hydrogen-bond acceptors (Lipinski definition) is 9. The van der Waals surface area contributed by atoms with E-state index in [1.807, 2.05) is 19.1 Å². The SMILES string of the molecule is CCN(CC)CCOCc1ccnc(Nc2ncnc3c(C(=O)Nc4c(Cl)c(C)cc(OC)c4Cl)csc23)c1. The minimum atomic E-state index is -0.399. The normalized spacial score (nSPS) is 11.3. The van der Waals surface area contributed by atoms with E-state index < -0.39 is 5.91 Å². The first-order chi connectivity index (χ1) is 18.9. The number of carbonyl (C=O) groups is 1. The van der Waals surface area contributed by atoms with Crippen LogP contribution in [0.4, 0.5) is 17.3 Å². The third-order valence-electron chi connectivity index (χ3n) is 6.19. The van der Waals surface area contributed by atoms with E-state index in [4.69, 9.17) is 32.7 Å². The largest absolute Gasteiger partial charge is 0.495 e. The molecule has 4 rings (SSSR count). The average molecular weight is 590 g/mol. The number of hydrogen-bond donors (Lipinski definition) is 2. The van der Waals surface area contributed by atoms with E-state index in [0.717, 1.165) is 30.8 Å². The van der Waals surface area contributed by atoms with Gasteiger partial charge in [0.25, 0.3) is 5.91 Å². The van der Waals surface area contributed by atoms with E-state index in [9.17, 15) is 4.79 Å². The van der Waals surface area contributed by atoms with Gasteiger partial charge in [-0.3, -0.25) is 4.79 Å². The predicted molar refractivity (Wildman–Crippen MR) is 158 cm³/mol. The van der Waals surface area contributed by atoms with Crippen molar-refractivity contribution < 1.29 is 14.3 Å². The summed E-state index contributed by atoms with van der Waals surface area (Å²) in [4.78, 5) is 28.7. The summed E-state index contributed by atoms with van der Waals surface area (Å²) >= 11 is 14.2. The third-order valence-corrected chi connectivity index (χ3v) is 8.03. The molecule has 0 unspecified atom stereocenters. The number of pyridine rings is 1. The van der Waals surface area contributed by atoms with Crippen molar-refractivity contribution in [2.24, 2.45) is 0 Å². The molecular weight excluding hydrogens is 559 g/mol. The Balaban J connectivity index is 1.50. The van der Waals surface area contributed by atoms with Crippen LogP contribution in [-0.4, -0.2) is 59.1 Å². The second-order valence-corrected chi connectivity index (χ2v) is 10.3. The number of rotatable bonds is 12. The lowest BCUT2D eigenvalue weighted by Gasteiger charge is -2.17. The van der Waals surface area contributed by atoms with Gasteiger partial charge in [0.15, 0.2) is 5.82 Å². The number of aryl methyl sites for hydroxylation is 1. The van der Waals surface area contributed by atoms with Crippen molar-refractivity contribution in [2.75, 3.05) is 44.0 Å². The molecule has 0 spiro atoms. The van der Waals surface area contributed by atoms with Crippen LogP contribution in [0.1, 0.15) is 35.3 Å². The molecule has 4 aromatic rings. The van der Waals surface area contributed by atoms with Crippen molar-refractivity contribution >= 4 is 68.0 Å². The van der Waals surface area contributed by atoms with Gasteiger partial charge >= 0.3 is 0 Å². The van der Waals surface area contributed by atoms with Crippen LogP contribution in [0.2, 0.25) is 10.0 Å². The van der Waals surface area contributed by atoms with Crippen LogP contribution >= 0.6 is 34.5 Å². The number of halogens is 2. The van der Waals surface area contributed by atoms with Crippen molar-refractivity contribution in [2.45, 2.75) is 27.4 Å². The fourth-order valence-corrected chi connectivity index (χ4v) is 5.42. The molecule has 0 bridgehead atoms. The molecule has 0 atom stereocenters. The number of carbonyl (C=O) groups excluding carboxylic acids is 1. The van der Waals surface area contributed by atoms with Crippen LogP contribution < -0.4 is 15.4 Å². The quantitative estimate of drug-likeness (QED) is 0.179. The highest BCUT2D eigenvalue weighted by Crippen LogP contribution is 2.41. The monoisotopic (exact) mass is 588 g/mol. The second kappa shape index (κ2) is 13.4. The maximum absolute atomic E-state index is 13.3. The summed E-state index contributed by atoms with van der Waals surface area (Å²) in [5, 5.41) is 8.36. The summed E-state index contributed by atoms with van der Waals surface area (Å²) in [6.07, 6.45) is 3.13. The highest BCUT2D eigenvalue weighted by Gasteiger charge is 2.21. The topological polar surface area (TPSA) is 102 Å². The number of likely N-dealkylation sites (N-methyl/N-ethyl adjacent to an activating group) is 1. The molecule has 2 N–H and O–H groups in total. The van der Waals surface area contributed by atoms with Gasteiger partial charge in [-0.25, -0.2) is 15.0 Å². The van der Waals surface area contributed by atoms with E-state index >= 15 is 0 Å². The summed E-state index contributed by atoms with van der Waals surface area (Å²) in [6.45, 7) is 10.1. The van der Waals surface area contributed by atoms with Crippen molar-refractivity contribution in [3.63, 3.8) is 0 Å². The predicted octanol–water partition coefficient (Wildman–Crippen LogP) is 6.56. The zero-order chi connectivity index (χ0) is 27.9. The standard InChI is InChI=1S/C27H30Cl2N6O3S/c1-5-35(6-2)9-10-38-13-17-7-8-30-20(12-17)33-26-25-23(31-15-32-26)18(14-39-25)27(36)34-24-21(28)16(3)11-19(37-4)22(24)29/h7-8,11-12,14-15H,5-6,9-10,13H2,1-4H3,(H,34,36)(H,30,31,32,33). The molecule has 0 aliphatic rings. The Labute approximate surface area is 241 Å². The van der Waals surface area contributed by atoms with Crippen LogP contribution in [0.15, 0.2) is 36.1 Å². The van der Waals surface area contributed by atoms with Crippen molar-refractivity contribution in [3.05, 3.63) is 62.8 Å².